The molecule has 6 nitrogen and oxygen atoms in total. The Morgan fingerprint density at radius 3 is 2.57 bits per heavy atom. The van der Waals surface area contributed by atoms with E-state index in [2.05, 4.69) is 15.3 Å². The quantitative estimate of drug-likeness (QED) is 0.318. The summed E-state index contributed by atoms with van der Waals surface area (Å²) in [6, 6.07) is 17.8. The van der Waals surface area contributed by atoms with E-state index in [9.17, 15) is 0 Å². The van der Waals surface area contributed by atoms with Crippen LogP contribution in [0.15, 0.2) is 70.3 Å². The second kappa shape index (κ2) is 10.7. The molecule has 0 aliphatic carbocycles. The first-order valence-electron chi connectivity index (χ1n) is 8.74. The van der Waals surface area contributed by atoms with Crippen molar-refractivity contribution in [2.75, 3.05) is 21.2 Å². The molecule has 1 N–H and O–H groups in total. The summed E-state index contributed by atoms with van der Waals surface area (Å²) >= 11 is 0. The summed E-state index contributed by atoms with van der Waals surface area (Å²) in [4.78, 5) is 10.9. The number of para-hydroxylation sites is 1. The molecule has 1 aromatic heterocycles. The third-order valence-electron chi connectivity index (χ3n) is 4.17. The highest BCUT2D eigenvalue weighted by atomic mass is 127. The number of aromatic nitrogens is 1. The minimum atomic E-state index is 0. The summed E-state index contributed by atoms with van der Waals surface area (Å²) in [6.45, 7) is 1.21. The third kappa shape index (κ3) is 5.48. The average molecular weight is 492 g/mol. The number of aliphatic imine (C=N–C) groups is 1. The number of hydrogen-bond acceptors (Lipinski definition) is 4. The van der Waals surface area contributed by atoms with Gasteiger partial charge in [0.15, 0.2) is 5.96 Å². The lowest BCUT2D eigenvalue weighted by molar-refractivity contribution is 0.396. The van der Waals surface area contributed by atoms with Crippen molar-refractivity contribution < 1.29 is 9.15 Å². The first-order chi connectivity index (χ1) is 13.2. The van der Waals surface area contributed by atoms with Gasteiger partial charge in [0.25, 0.3) is 0 Å². The van der Waals surface area contributed by atoms with Crippen molar-refractivity contribution in [3.8, 4) is 17.2 Å². The van der Waals surface area contributed by atoms with Crippen LogP contribution in [0.2, 0.25) is 0 Å². The summed E-state index contributed by atoms with van der Waals surface area (Å²) in [7, 11) is 5.43. The Kier molecular flexibility index (Phi) is 8.31. The molecule has 0 amide bonds. The highest BCUT2D eigenvalue weighted by molar-refractivity contribution is 14.0. The van der Waals surface area contributed by atoms with E-state index in [1.165, 1.54) is 0 Å². The van der Waals surface area contributed by atoms with Gasteiger partial charge in [-0.25, -0.2) is 4.98 Å². The van der Waals surface area contributed by atoms with Gasteiger partial charge in [-0.05, 0) is 18.2 Å². The zero-order valence-corrected chi connectivity index (χ0v) is 18.6. The van der Waals surface area contributed by atoms with Crippen molar-refractivity contribution >= 4 is 29.9 Å². The van der Waals surface area contributed by atoms with Gasteiger partial charge in [0.1, 0.15) is 12.0 Å². The van der Waals surface area contributed by atoms with Gasteiger partial charge < -0.3 is 19.4 Å². The van der Waals surface area contributed by atoms with E-state index in [0.29, 0.717) is 19.0 Å². The number of methoxy groups -OCH3 is 1. The number of hydrogen-bond donors (Lipinski definition) is 1. The molecule has 2 aromatic carbocycles. The molecule has 0 fully saturated rings. The van der Waals surface area contributed by atoms with E-state index in [0.717, 1.165) is 28.5 Å². The minimum Gasteiger partial charge on any atom is -0.496 e. The predicted octanol–water partition coefficient (Wildman–Crippen LogP) is 4.18. The highest BCUT2D eigenvalue weighted by Gasteiger charge is 2.11. The molecule has 0 aliphatic rings. The van der Waals surface area contributed by atoms with Crippen LogP contribution in [0.1, 0.15) is 11.3 Å². The number of ether oxygens (including phenoxy) is 1. The second-order valence-corrected chi connectivity index (χ2v) is 6.08. The van der Waals surface area contributed by atoms with Gasteiger partial charge in [-0.2, -0.15) is 0 Å². The molecule has 0 saturated carbocycles. The van der Waals surface area contributed by atoms with Crippen molar-refractivity contribution in [1.29, 1.82) is 0 Å². The van der Waals surface area contributed by atoms with Gasteiger partial charge in [0.05, 0.1) is 19.3 Å². The smallest absolute Gasteiger partial charge is 0.226 e. The lowest BCUT2D eigenvalue weighted by atomic mass is 10.2. The SMILES string of the molecule is CN=C(NCc1coc(-c2ccccc2)n1)N(C)Cc1ccccc1OC.I. The van der Waals surface area contributed by atoms with E-state index in [1.807, 2.05) is 66.5 Å². The molecule has 0 aliphatic heterocycles. The van der Waals surface area contributed by atoms with Gasteiger partial charge in [0.2, 0.25) is 5.89 Å². The maximum atomic E-state index is 5.58. The average Bonchev–Trinajstić information content (AvgIpc) is 3.18. The van der Waals surface area contributed by atoms with E-state index >= 15 is 0 Å². The molecule has 7 heteroatoms. The molecular weight excluding hydrogens is 467 g/mol. The van der Waals surface area contributed by atoms with Crippen molar-refractivity contribution in [2.45, 2.75) is 13.1 Å². The molecular formula is C21H25IN4O2. The van der Waals surface area contributed by atoms with Crippen LogP contribution in [0, 0.1) is 0 Å². The summed E-state index contributed by atoms with van der Waals surface area (Å²) in [5, 5.41) is 3.32. The Labute approximate surface area is 182 Å². The molecule has 148 valence electrons. The van der Waals surface area contributed by atoms with Crippen molar-refractivity contribution in [2.24, 2.45) is 4.99 Å². The standard InChI is InChI=1S/C21H24N4O2.HI/c1-22-21(25(2)14-17-11-7-8-12-19(17)26-3)23-13-18-15-27-20(24-18)16-9-5-4-6-10-16;/h4-12,15H,13-14H2,1-3H3,(H,22,23);1H. The number of halogens is 1. The fraction of sp³-hybridized carbons (Fsp3) is 0.238. The Balaban J connectivity index is 0.00000280. The molecule has 0 bridgehead atoms. The van der Waals surface area contributed by atoms with Gasteiger partial charge in [-0.3, -0.25) is 4.99 Å². The summed E-state index contributed by atoms with van der Waals surface area (Å²) in [5.41, 5.74) is 2.88. The zero-order chi connectivity index (χ0) is 19.1. The largest absolute Gasteiger partial charge is 0.496 e. The van der Waals surface area contributed by atoms with Crippen LogP contribution in [0.25, 0.3) is 11.5 Å². The number of nitrogens with zero attached hydrogens (tertiary/aromatic N) is 3. The van der Waals surface area contributed by atoms with Crippen LogP contribution >= 0.6 is 24.0 Å². The van der Waals surface area contributed by atoms with Crippen LogP contribution in [0.4, 0.5) is 0 Å². The van der Waals surface area contributed by atoms with Crippen LogP contribution in [0.3, 0.4) is 0 Å². The summed E-state index contributed by atoms with van der Waals surface area (Å²) in [6.07, 6.45) is 1.67. The molecule has 0 saturated heterocycles. The van der Waals surface area contributed by atoms with E-state index in [4.69, 9.17) is 9.15 Å². The van der Waals surface area contributed by atoms with Crippen molar-refractivity contribution in [3.05, 3.63) is 72.1 Å². The monoisotopic (exact) mass is 492 g/mol. The van der Waals surface area contributed by atoms with Crippen LogP contribution in [-0.2, 0) is 13.1 Å². The molecule has 3 aromatic rings. The fourth-order valence-electron chi connectivity index (χ4n) is 2.82. The van der Waals surface area contributed by atoms with Gasteiger partial charge in [0, 0.05) is 31.8 Å². The molecule has 0 spiro atoms. The predicted molar refractivity (Wildman–Crippen MR) is 122 cm³/mol. The summed E-state index contributed by atoms with van der Waals surface area (Å²) in [5.74, 6) is 2.25. The van der Waals surface area contributed by atoms with E-state index in [1.54, 1.807) is 20.4 Å². The van der Waals surface area contributed by atoms with Crippen LogP contribution in [0.5, 0.6) is 5.75 Å². The maximum absolute atomic E-state index is 5.58. The topological polar surface area (TPSA) is 62.9 Å². The number of nitrogens with one attached hydrogen (secondary N) is 1. The Morgan fingerprint density at radius 1 is 1.14 bits per heavy atom. The molecule has 28 heavy (non-hydrogen) atoms. The number of rotatable bonds is 6. The third-order valence-corrected chi connectivity index (χ3v) is 4.17. The van der Waals surface area contributed by atoms with Gasteiger partial charge >= 0.3 is 0 Å². The number of benzene rings is 2. The minimum absolute atomic E-state index is 0. The van der Waals surface area contributed by atoms with Gasteiger partial charge in [-0.1, -0.05) is 36.4 Å². The van der Waals surface area contributed by atoms with E-state index < -0.39 is 0 Å². The molecule has 0 atom stereocenters. The summed E-state index contributed by atoms with van der Waals surface area (Å²) < 4.78 is 11.0. The molecule has 3 rings (SSSR count). The lowest BCUT2D eigenvalue weighted by Crippen LogP contribution is -2.38. The van der Waals surface area contributed by atoms with Crippen molar-refractivity contribution in [3.63, 3.8) is 0 Å². The van der Waals surface area contributed by atoms with Crippen LogP contribution in [-0.4, -0.2) is 37.0 Å². The highest BCUT2D eigenvalue weighted by Crippen LogP contribution is 2.19. The normalized spacial score (nSPS) is 10.9. The number of guanidine groups is 1. The Bertz CT molecular complexity index is 896. The van der Waals surface area contributed by atoms with Crippen molar-refractivity contribution in [1.82, 2.24) is 15.2 Å². The maximum Gasteiger partial charge on any atom is 0.226 e. The molecule has 1 heterocycles. The lowest BCUT2D eigenvalue weighted by Gasteiger charge is -2.22. The van der Waals surface area contributed by atoms with Gasteiger partial charge in [-0.15, -0.1) is 24.0 Å². The Morgan fingerprint density at radius 2 is 1.86 bits per heavy atom. The number of oxazole rings is 1. The first-order valence-corrected chi connectivity index (χ1v) is 8.74. The van der Waals surface area contributed by atoms with Crippen LogP contribution < -0.4 is 10.1 Å². The Hall–Kier alpha value is -2.55. The second-order valence-electron chi connectivity index (χ2n) is 6.08. The molecule has 0 unspecified atom stereocenters. The van der Waals surface area contributed by atoms with E-state index in [-0.39, 0.29) is 24.0 Å². The zero-order valence-electron chi connectivity index (χ0n) is 16.3. The first kappa shape index (κ1) is 21.7. The molecule has 0 radical (unpaired) electrons. The fourth-order valence-corrected chi connectivity index (χ4v) is 2.82.